The lowest BCUT2D eigenvalue weighted by atomic mass is 9.98. The first-order valence-electron chi connectivity index (χ1n) is 7.62. The number of benzene rings is 1. The van der Waals surface area contributed by atoms with E-state index < -0.39 is 0 Å². The van der Waals surface area contributed by atoms with Gasteiger partial charge in [-0.15, -0.1) is 0 Å². The van der Waals surface area contributed by atoms with Gasteiger partial charge in [-0.2, -0.15) is 0 Å². The Hall–Kier alpha value is -1.28. The maximum absolute atomic E-state index is 5.66. The van der Waals surface area contributed by atoms with Gasteiger partial charge in [-0.25, -0.2) is 0 Å². The number of H-pyrrole nitrogens is 1. The zero-order chi connectivity index (χ0) is 13.2. The van der Waals surface area contributed by atoms with Crippen LogP contribution in [0.3, 0.4) is 0 Å². The number of nitrogens with two attached hydrogens (primary N) is 1. The van der Waals surface area contributed by atoms with Crippen molar-refractivity contribution in [3.05, 3.63) is 34.5 Å². The summed E-state index contributed by atoms with van der Waals surface area (Å²) >= 11 is 0. The molecule has 1 aromatic heterocycles. The van der Waals surface area contributed by atoms with E-state index in [-0.39, 0.29) is 0 Å². The SMILES string of the molecule is Cc1[nH]c2cc3c(cc2c1CCCN)CCCCC3. The van der Waals surface area contributed by atoms with Gasteiger partial charge in [0, 0.05) is 16.6 Å². The third kappa shape index (κ3) is 2.42. The van der Waals surface area contributed by atoms with Crippen LogP contribution in [0.5, 0.6) is 0 Å². The Kier molecular flexibility index (Phi) is 3.61. The molecular weight excluding hydrogens is 232 g/mol. The van der Waals surface area contributed by atoms with Crippen molar-refractivity contribution in [1.82, 2.24) is 4.98 Å². The fraction of sp³-hybridized carbons (Fsp3) is 0.529. The van der Waals surface area contributed by atoms with E-state index in [9.17, 15) is 0 Å². The van der Waals surface area contributed by atoms with E-state index in [1.807, 2.05) is 0 Å². The van der Waals surface area contributed by atoms with Crippen molar-refractivity contribution < 1.29 is 0 Å². The first-order valence-corrected chi connectivity index (χ1v) is 7.62. The van der Waals surface area contributed by atoms with Gasteiger partial charge in [0.2, 0.25) is 0 Å². The van der Waals surface area contributed by atoms with Crippen molar-refractivity contribution in [2.24, 2.45) is 5.73 Å². The monoisotopic (exact) mass is 256 g/mol. The summed E-state index contributed by atoms with van der Waals surface area (Å²) in [6.07, 6.45) is 8.75. The zero-order valence-corrected chi connectivity index (χ0v) is 11.9. The van der Waals surface area contributed by atoms with Gasteiger partial charge in [0.1, 0.15) is 0 Å². The molecule has 0 saturated carbocycles. The van der Waals surface area contributed by atoms with Crippen molar-refractivity contribution >= 4 is 10.9 Å². The van der Waals surface area contributed by atoms with Gasteiger partial charge in [-0.3, -0.25) is 0 Å². The largest absolute Gasteiger partial charge is 0.358 e. The Morgan fingerprint density at radius 2 is 1.84 bits per heavy atom. The lowest BCUT2D eigenvalue weighted by molar-refractivity contribution is 0.711. The molecule has 1 aliphatic rings. The molecule has 2 aromatic rings. The molecule has 0 fully saturated rings. The highest BCUT2D eigenvalue weighted by molar-refractivity contribution is 5.86. The number of aromatic amines is 1. The quantitative estimate of drug-likeness (QED) is 0.809. The second kappa shape index (κ2) is 5.38. The fourth-order valence-electron chi connectivity index (χ4n) is 3.40. The van der Waals surface area contributed by atoms with E-state index in [1.165, 1.54) is 54.3 Å². The zero-order valence-electron chi connectivity index (χ0n) is 11.9. The van der Waals surface area contributed by atoms with Crippen molar-refractivity contribution in [3.8, 4) is 0 Å². The average molecular weight is 256 g/mol. The molecule has 1 aromatic carbocycles. The van der Waals surface area contributed by atoms with Crippen LogP contribution in [0.25, 0.3) is 10.9 Å². The van der Waals surface area contributed by atoms with Crippen LogP contribution in [-0.2, 0) is 19.3 Å². The molecule has 3 N–H and O–H groups in total. The molecule has 2 heteroatoms. The summed E-state index contributed by atoms with van der Waals surface area (Å²) in [6, 6.07) is 4.85. The molecular formula is C17H24N2. The highest BCUT2D eigenvalue weighted by atomic mass is 14.7. The minimum atomic E-state index is 0.775. The average Bonchev–Trinajstić information content (AvgIpc) is 2.58. The van der Waals surface area contributed by atoms with Crippen LogP contribution in [0.1, 0.15) is 48.1 Å². The van der Waals surface area contributed by atoms with Crippen LogP contribution in [0, 0.1) is 6.92 Å². The van der Waals surface area contributed by atoms with E-state index in [0.717, 1.165) is 19.4 Å². The molecule has 1 heterocycles. The Bertz CT molecular complexity index is 580. The molecule has 0 spiro atoms. The first-order chi connectivity index (χ1) is 9.29. The first kappa shape index (κ1) is 12.7. The Labute approximate surface area is 115 Å². The molecule has 19 heavy (non-hydrogen) atoms. The Morgan fingerprint density at radius 1 is 1.11 bits per heavy atom. The Morgan fingerprint density at radius 3 is 2.58 bits per heavy atom. The highest BCUT2D eigenvalue weighted by Crippen LogP contribution is 2.30. The molecule has 3 rings (SSSR count). The topological polar surface area (TPSA) is 41.8 Å². The maximum Gasteiger partial charge on any atom is 0.0461 e. The molecule has 0 bridgehead atoms. The summed E-state index contributed by atoms with van der Waals surface area (Å²) < 4.78 is 0. The summed E-state index contributed by atoms with van der Waals surface area (Å²) in [5, 5.41) is 1.44. The molecule has 0 unspecified atom stereocenters. The van der Waals surface area contributed by atoms with Gasteiger partial charge in [-0.1, -0.05) is 6.42 Å². The molecule has 102 valence electrons. The molecule has 2 nitrogen and oxygen atoms in total. The fourth-order valence-corrected chi connectivity index (χ4v) is 3.40. The summed E-state index contributed by atoms with van der Waals surface area (Å²) in [5.74, 6) is 0. The summed E-state index contributed by atoms with van der Waals surface area (Å²) in [5.41, 5.74) is 12.9. The molecule has 0 amide bonds. The minimum absolute atomic E-state index is 0.775. The van der Waals surface area contributed by atoms with Crippen LogP contribution in [0.2, 0.25) is 0 Å². The molecule has 1 aliphatic carbocycles. The van der Waals surface area contributed by atoms with Crippen LogP contribution < -0.4 is 5.73 Å². The number of nitrogens with one attached hydrogen (secondary N) is 1. The van der Waals surface area contributed by atoms with Crippen LogP contribution in [0.15, 0.2) is 12.1 Å². The number of hydrogen-bond donors (Lipinski definition) is 2. The molecule has 0 aliphatic heterocycles. The number of fused-ring (bicyclic) bond motifs is 2. The van der Waals surface area contributed by atoms with Gasteiger partial charge in [0.25, 0.3) is 0 Å². The van der Waals surface area contributed by atoms with Crippen molar-refractivity contribution in [2.75, 3.05) is 6.54 Å². The predicted octanol–water partition coefficient (Wildman–Crippen LogP) is 3.64. The second-order valence-electron chi connectivity index (χ2n) is 5.85. The third-order valence-electron chi connectivity index (χ3n) is 4.46. The van der Waals surface area contributed by atoms with E-state index in [4.69, 9.17) is 5.73 Å². The second-order valence-corrected chi connectivity index (χ2v) is 5.85. The van der Waals surface area contributed by atoms with Gasteiger partial charge in [-0.05, 0) is 80.8 Å². The lowest BCUT2D eigenvalue weighted by Crippen LogP contribution is -2.00. The number of rotatable bonds is 3. The van der Waals surface area contributed by atoms with Crippen molar-refractivity contribution in [1.29, 1.82) is 0 Å². The van der Waals surface area contributed by atoms with E-state index in [0.29, 0.717) is 0 Å². The molecule has 0 saturated heterocycles. The minimum Gasteiger partial charge on any atom is -0.358 e. The predicted molar refractivity (Wildman–Crippen MR) is 81.7 cm³/mol. The van der Waals surface area contributed by atoms with Crippen LogP contribution >= 0.6 is 0 Å². The van der Waals surface area contributed by atoms with Crippen LogP contribution in [-0.4, -0.2) is 11.5 Å². The standard InChI is InChI=1S/C17H24N2/c1-12-15(8-5-9-18)16-10-13-6-3-2-4-7-14(13)11-17(16)19-12/h10-11,19H,2-9,18H2,1H3. The number of aryl methyl sites for hydroxylation is 4. The lowest BCUT2D eigenvalue weighted by Gasteiger charge is -2.07. The van der Waals surface area contributed by atoms with Crippen molar-refractivity contribution in [2.45, 2.75) is 51.9 Å². The van der Waals surface area contributed by atoms with Gasteiger partial charge in [0.05, 0.1) is 0 Å². The number of hydrogen-bond acceptors (Lipinski definition) is 1. The van der Waals surface area contributed by atoms with Crippen LogP contribution in [0.4, 0.5) is 0 Å². The van der Waals surface area contributed by atoms with Gasteiger partial charge in [0.15, 0.2) is 0 Å². The smallest absolute Gasteiger partial charge is 0.0461 e. The molecule has 0 radical (unpaired) electrons. The van der Waals surface area contributed by atoms with Gasteiger partial charge >= 0.3 is 0 Å². The Balaban J connectivity index is 2.07. The summed E-state index contributed by atoms with van der Waals surface area (Å²) in [7, 11) is 0. The van der Waals surface area contributed by atoms with E-state index >= 15 is 0 Å². The maximum atomic E-state index is 5.66. The van der Waals surface area contributed by atoms with Crippen molar-refractivity contribution in [3.63, 3.8) is 0 Å². The van der Waals surface area contributed by atoms with E-state index in [2.05, 4.69) is 24.0 Å². The summed E-state index contributed by atoms with van der Waals surface area (Å²) in [6.45, 7) is 2.97. The normalized spacial score (nSPS) is 15.5. The van der Waals surface area contributed by atoms with E-state index in [1.54, 1.807) is 11.1 Å². The third-order valence-corrected chi connectivity index (χ3v) is 4.46. The summed E-state index contributed by atoms with van der Waals surface area (Å²) in [4.78, 5) is 3.57. The number of aromatic nitrogens is 1. The van der Waals surface area contributed by atoms with Gasteiger partial charge < -0.3 is 10.7 Å². The highest BCUT2D eigenvalue weighted by Gasteiger charge is 2.13. The molecule has 0 atom stereocenters.